The van der Waals surface area contributed by atoms with Crippen LogP contribution in [0.15, 0.2) is 23.1 Å². The van der Waals surface area contributed by atoms with Gasteiger partial charge in [0.05, 0.1) is 5.02 Å². The van der Waals surface area contributed by atoms with Gasteiger partial charge in [0.25, 0.3) is 0 Å². The fourth-order valence-electron chi connectivity index (χ4n) is 1.53. The Balaban J connectivity index is 2.83. The second kappa shape index (κ2) is 5.44. The van der Waals surface area contributed by atoms with Gasteiger partial charge in [-0.25, -0.2) is 0 Å². The maximum Gasteiger partial charge on any atom is 0.0544 e. The minimum Gasteiger partial charge on any atom is -0.325 e. The summed E-state index contributed by atoms with van der Waals surface area (Å²) in [6.45, 7) is 8.38. The molecule has 0 aromatic heterocycles. The number of hydrogen-bond donors (Lipinski definition) is 1. The third-order valence-corrected chi connectivity index (χ3v) is 3.52. The quantitative estimate of drug-likeness (QED) is 0.822. The average molecular weight is 258 g/mol. The first kappa shape index (κ1) is 13.9. The molecule has 0 aliphatic heterocycles. The third kappa shape index (κ3) is 4.77. The van der Waals surface area contributed by atoms with E-state index in [1.54, 1.807) is 11.8 Å². The topological polar surface area (TPSA) is 26.0 Å². The lowest BCUT2D eigenvalue weighted by Gasteiger charge is -2.19. The molecule has 1 nitrogen and oxygen atoms in total. The molecule has 0 saturated carbocycles. The van der Waals surface area contributed by atoms with Crippen LogP contribution in [0.5, 0.6) is 0 Å². The van der Waals surface area contributed by atoms with E-state index < -0.39 is 0 Å². The van der Waals surface area contributed by atoms with Crippen molar-refractivity contribution < 1.29 is 0 Å². The summed E-state index contributed by atoms with van der Waals surface area (Å²) in [6.07, 6.45) is 0.847. The van der Waals surface area contributed by atoms with Gasteiger partial charge in [-0.3, -0.25) is 0 Å². The van der Waals surface area contributed by atoms with Gasteiger partial charge in [0, 0.05) is 15.7 Å². The van der Waals surface area contributed by atoms with Crippen LogP contribution in [0.25, 0.3) is 0 Å². The lowest BCUT2D eigenvalue weighted by atomic mass is 9.96. The summed E-state index contributed by atoms with van der Waals surface area (Å²) in [7, 11) is 0. The van der Waals surface area contributed by atoms with Gasteiger partial charge < -0.3 is 5.73 Å². The Kier molecular flexibility index (Phi) is 4.72. The molecule has 90 valence electrons. The van der Waals surface area contributed by atoms with Gasteiger partial charge in [0.15, 0.2) is 0 Å². The SMILES string of the molecule is CC(C)Sc1ccc(CC(C)(C)N)cc1Cl. The molecule has 3 heteroatoms. The highest BCUT2D eigenvalue weighted by Crippen LogP contribution is 2.31. The van der Waals surface area contributed by atoms with Crippen LogP contribution >= 0.6 is 23.4 Å². The lowest BCUT2D eigenvalue weighted by molar-refractivity contribution is 0.516. The Morgan fingerprint density at radius 3 is 2.44 bits per heavy atom. The van der Waals surface area contributed by atoms with E-state index in [0.717, 1.165) is 16.3 Å². The summed E-state index contributed by atoms with van der Waals surface area (Å²) < 4.78 is 0. The Bertz CT molecular complexity index is 355. The van der Waals surface area contributed by atoms with Crippen LogP contribution in [0.2, 0.25) is 5.02 Å². The van der Waals surface area contributed by atoms with E-state index in [1.165, 1.54) is 5.56 Å². The van der Waals surface area contributed by atoms with Crippen LogP contribution in [-0.4, -0.2) is 10.8 Å². The summed E-state index contributed by atoms with van der Waals surface area (Å²) in [5.74, 6) is 0. The van der Waals surface area contributed by atoms with Crippen LogP contribution in [0, 0.1) is 0 Å². The number of nitrogens with two attached hydrogens (primary N) is 1. The summed E-state index contributed by atoms with van der Waals surface area (Å²) >= 11 is 8.03. The molecule has 0 unspecified atom stereocenters. The first-order chi connectivity index (χ1) is 7.28. The molecule has 0 atom stereocenters. The zero-order valence-corrected chi connectivity index (χ0v) is 12.0. The molecule has 1 rings (SSSR count). The van der Waals surface area contributed by atoms with Crippen molar-refractivity contribution in [3.63, 3.8) is 0 Å². The Morgan fingerprint density at radius 1 is 1.38 bits per heavy atom. The number of hydrogen-bond acceptors (Lipinski definition) is 2. The van der Waals surface area contributed by atoms with Crippen molar-refractivity contribution in [3.05, 3.63) is 28.8 Å². The second-order valence-corrected chi connectivity index (χ2v) is 7.12. The highest BCUT2D eigenvalue weighted by atomic mass is 35.5. The van der Waals surface area contributed by atoms with E-state index in [9.17, 15) is 0 Å². The molecule has 1 aromatic carbocycles. The van der Waals surface area contributed by atoms with Gasteiger partial charge in [-0.1, -0.05) is 31.5 Å². The van der Waals surface area contributed by atoms with Gasteiger partial charge in [-0.15, -0.1) is 11.8 Å². The maximum atomic E-state index is 6.24. The number of thioether (sulfide) groups is 1. The highest BCUT2D eigenvalue weighted by Gasteiger charge is 2.13. The smallest absolute Gasteiger partial charge is 0.0544 e. The largest absolute Gasteiger partial charge is 0.325 e. The minimum absolute atomic E-state index is 0.184. The first-order valence-corrected chi connectivity index (χ1v) is 6.77. The number of rotatable bonds is 4. The van der Waals surface area contributed by atoms with Crippen LogP contribution in [0.1, 0.15) is 33.3 Å². The van der Waals surface area contributed by atoms with Gasteiger partial charge in [-0.05, 0) is 38.0 Å². The van der Waals surface area contributed by atoms with E-state index in [4.69, 9.17) is 17.3 Å². The molecule has 0 radical (unpaired) electrons. The van der Waals surface area contributed by atoms with Crippen molar-refractivity contribution in [2.75, 3.05) is 0 Å². The molecule has 1 aromatic rings. The maximum absolute atomic E-state index is 6.24. The third-order valence-electron chi connectivity index (χ3n) is 2.02. The van der Waals surface area contributed by atoms with Crippen molar-refractivity contribution in [1.29, 1.82) is 0 Å². The van der Waals surface area contributed by atoms with Crippen LogP contribution in [0.4, 0.5) is 0 Å². The molecule has 0 aliphatic carbocycles. The number of halogens is 1. The molecule has 16 heavy (non-hydrogen) atoms. The zero-order chi connectivity index (χ0) is 12.3. The molecular weight excluding hydrogens is 238 g/mol. The summed E-state index contributed by atoms with van der Waals surface area (Å²) in [5, 5.41) is 1.38. The standard InChI is InChI=1S/C13H20ClNS/c1-9(2)16-12-6-5-10(7-11(12)14)8-13(3,4)15/h5-7,9H,8,15H2,1-4H3. The molecule has 0 saturated heterocycles. The molecule has 0 aliphatic rings. The molecule has 0 fully saturated rings. The van der Waals surface area contributed by atoms with Crippen LogP contribution in [-0.2, 0) is 6.42 Å². The first-order valence-electron chi connectivity index (χ1n) is 5.52. The van der Waals surface area contributed by atoms with E-state index >= 15 is 0 Å². The summed E-state index contributed by atoms with van der Waals surface area (Å²) in [4.78, 5) is 1.15. The molecule has 0 amide bonds. The normalized spacial score (nSPS) is 12.2. The van der Waals surface area contributed by atoms with Gasteiger partial charge in [0.2, 0.25) is 0 Å². The molecule has 0 spiro atoms. The highest BCUT2D eigenvalue weighted by molar-refractivity contribution is 8.00. The predicted molar refractivity (Wildman–Crippen MR) is 74.4 cm³/mol. The molecular formula is C13H20ClNS. The van der Waals surface area contributed by atoms with Crippen molar-refractivity contribution in [2.24, 2.45) is 5.73 Å². The van der Waals surface area contributed by atoms with E-state index in [-0.39, 0.29) is 5.54 Å². The van der Waals surface area contributed by atoms with E-state index in [2.05, 4.69) is 26.0 Å². The Morgan fingerprint density at radius 2 is 2.00 bits per heavy atom. The van der Waals surface area contributed by atoms with Crippen LogP contribution < -0.4 is 5.73 Å². The lowest BCUT2D eigenvalue weighted by Crippen LogP contribution is -2.34. The fourth-order valence-corrected chi connectivity index (χ4v) is 2.69. The fraction of sp³-hybridized carbons (Fsp3) is 0.538. The summed E-state index contributed by atoms with van der Waals surface area (Å²) in [5.41, 5.74) is 7.00. The zero-order valence-electron chi connectivity index (χ0n) is 10.4. The van der Waals surface area contributed by atoms with Crippen LogP contribution in [0.3, 0.4) is 0 Å². The average Bonchev–Trinajstić information content (AvgIpc) is 2.06. The summed E-state index contributed by atoms with van der Waals surface area (Å²) in [6, 6.07) is 6.24. The number of benzene rings is 1. The monoisotopic (exact) mass is 257 g/mol. The van der Waals surface area contributed by atoms with Gasteiger partial charge in [-0.2, -0.15) is 0 Å². The van der Waals surface area contributed by atoms with Gasteiger partial charge >= 0.3 is 0 Å². The molecule has 2 N–H and O–H groups in total. The second-order valence-electron chi connectivity index (χ2n) is 5.10. The Labute approximate surface area is 108 Å². The van der Waals surface area contributed by atoms with Crippen molar-refractivity contribution in [1.82, 2.24) is 0 Å². The Hall–Kier alpha value is -0.180. The predicted octanol–water partition coefficient (Wildman–Crippen LogP) is 4.12. The van der Waals surface area contributed by atoms with Crippen molar-refractivity contribution >= 4 is 23.4 Å². The van der Waals surface area contributed by atoms with E-state index in [0.29, 0.717) is 5.25 Å². The van der Waals surface area contributed by atoms with Gasteiger partial charge in [0.1, 0.15) is 0 Å². The van der Waals surface area contributed by atoms with E-state index in [1.807, 2.05) is 19.9 Å². The minimum atomic E-state index is -0.184. The molecule has 0 bridgehead atoms. The van der Waals surface area contributed by atoms with Crippen molar-refractivity contribution in [3.8, 4) is 0 Å². The van der Waals surface area contributed by atoms with Crippen molar-refractivity contribution in [2.45, 2.75) is 49.8 Å². The molecule has 0 heterocycles.